The highest BCUT2D eigenvalue weighted by atomic mass is 32.1. The fraction of sp³-hybridized carbons (Fsp3) is 0.889. The monoisotopic (exact) mass is 205 g/mol. The molecule has 0 aromatic heterocycles. The van der Waals surface area contributed by atoms with Crippen molar-refractivity contribution in [2.24, 2.45) is 0 Å². The zero-order valence-electron chi connectivity index (χ0n) is 8.38. The lowest BCUT2D eigenvalue weighted by atomic mass is 10.2. The Morgan fingerprint density at radius 2 is 2.15 bits per heavy atom. The maximum absolute atomic E-state index is 11.0. The van der Waals surface area contributed by atoms with Crippen molar-refractivity contribution in [3.63, 3.8) is 0 Å². The number of hydrogen-bond acceptors (Lipinski definition) is 3. The molecule has 0 saturated carbocycles. The summed E-state index contributed by atoms with van der Waals surface area (Å²) in [5.41, 5.74) is 0. The fourth-order valence-corrected chi connectivity index (χ4v) is 0.999. The molecule has 1 unspecified atom stereocenters. The molecule has 1 N–H and O–H groups in total. The summed E-state index contributed by atoms with van der Waals surface area (Å²) in [7, 11) is 1.70. The Morgan fingerprint density at radius 3 is 2.69 bits per heavy atom. The zero-order chi connectivity index (χ0) is 10.1. The number of carbonyl (C=O) groups is 1. The Morgan fingerprint density at radius 1 is 1.46 bits per heavy atom. The SMILES string of the molecule is COCCCCCNC(=O)C(C)S. The minimum Gasteiger partial charge on any atom is -0.385 e. The van der Waals surface area contributed by atoms with Crippen molar-refractivity contribution in [3.8, 4) is 0 Å². The maximum atomic E-state index is 11.0. The standard InChI is InChI=1S/C9H19NO2S/c1-8(13)9(11)10-6-4-3-5-7-12-2/h8,13H,3-7H2,1-2H3,(H,10,11). The van der Waals surface area contributed by atoms with Gasteiger partial charge in [0.15, 0.2) is 0 Å². The van der Waals surface area contributed by atoms with Gasteiger partial charge in [0.05, 0.1) is 5.25 Å². The summed E-state index contributed by atoms with van der Waals surface area (Å²) in [6.45, 7) is 3.31. The van der Waals surface area contributed by atoms with Crippen molar-refractivity contribution in [3.05, 3.63) is 0 Å². The van der Waals surface area contributed by atoms with E-state index in [0.717, 1.165) is 32.4 Å². The number of unbranched alkanes of at least 4 members (excludes halogenated alkanes) is 2. The lowest BCUT2D eigenvalue weighted by Crippen LogP contribution is -2.30. The van der Waals surface area contributed by atoms with Crippen LogP contribution in [0.5, 0.6) is 0 Å². The minimum absolute atomic E-state index is 0.00933. The van der Waals surface area contributed by atoms with Crippen LogP contribution in [0.15, 0.2) is 0 Å². The van der Waals surface area contributed by atoms with E-state index in [1.165, 1.54) is 0 Å². The molecule has 0 rings (SSSR count). The molecule has 0 spiro atoms. The van der Waals surface area contributed by atoms with Crippen molar-refractivity contribution in [2.45, 2.75) is 31.4 Å². The second-order valence-corrected chi connectivity index (χ2v) is 3.80. The van der Waals surface area contributed by atoms with Crippen molar-refractivity contribution >= 4 is 18.5 Å². The third-order valence-corrected chi connectivity index (χ3v) is 1.94. The first-order valence-corrected chi connectivity index (χ1v) is 5.15. The van der Waals surface area contributed by atoms with Gasteiger partial charge in [0, 0.05) is 20.3 Å². The smallest absolute Gasteiger partial charge is 0.232 e. The third-order valence-electron chi connectivity index (χ3n) is 1.70. The highest BCUT2D eigenvalue weighted by molar-refractivity contribution is 7.81. The van der Waals surface area contributed by atoms with Gasteiger partial charge in [-0.05, 0) is 26.2 Å². The number of amides is 1. The van der Waals surface area contributed by atoms with Crippen molar-refractivity contribution in [1.29, 1.82) is 0 Å². The second-order valence-electron chi connectivity index (χ2n) is 3.02. The number of hydrogen-bond donors (Lipinski definition) is 2. The predicted octanol–water partition coefficient (Wildman–Crippen LogP) is 1.24. The van der Waals surface area contributed by atoms with E-state index in [9.17, 15) is 4.79 Å². The van der Waals surface area contributed by atoms with E-state index >= 15 is 0 Å². The summed E-state index contributed by atoms with van der Waals surface area (Å²) in [4.78, 5) is 11.0. The number of carbonyl (C=O) groups excluding carboxylic acids is 1. The van der Waals surface area contributed by atoms with Crippen LogP contribution in [-0.2, 0) is 9.53 Å². The van der Waals surface area contributed by atoms with Crippen LogP contribution < -0.4 is 5.32 Å². The number of rotatable bonds is 7. The molecule has 4 heteroatoms. The van der Waals surface area contributed by atoms with Gasteiger partial charge in [-0.1, -0.05) is 0 Å². The first-order chi connectivity index (χ1) is 6.18. The molecule has 13 heavy (non-hydrogen) atoms. The molecule has 0 fully saturated rings. The minimum atomic E-state index is -0.209. The van der Waals surface area contributed by atoms with Gasteiger partial charge in [0.25, 0.3) is 0 Å². The Balaban J connectivity index is 3.12. The van der Waals surface area contributed by atoms with Crippen LogP contribution in [-0.4, -0.2) is 31.4 Å². The van der Waals surface area contributed by atoms with Crippen LogP contribution >= 0.6 is 12.6 Å². The van der Waals surface area contributed by atoms with Crippen LogP contribution in [0.2, 0.25) is 0 Å². The van der Waals surface area contributed by atoms with E-state index in [1.807, 2.05) is 0 Å². The van der Waals surface area contributed by atoms with Gasteiger partial charge in [0.1, 0.15) is 0 Å². The molecule has 1 amide bonds. The molecule has 0 aliphatic carbocycles. The van der Waals surface area contributed by atoms with E-state index < -0.39 is 0 Å². The molecule has 0 aliphatic rings. The number of methoxy groups -OCH3 is 1. The van der Waals surface area contributed by atoms with Crippen molar-refractivity contribution in [2.75, 3.05) is 20.3 Å². The Hall–Kier alpha value is -0.220. The first-order valence-electron chi connectivity index (χ1n) is 4.63. The lowest BCUT2D eigenvalue weighted by Gasteiger charge is -2.06. The van der Waals surface area contributed by atoms with Crippen LogP contribution in [0.25, 0.3) is 0 Å². The summed E-state index contributed by atoms with van der Waals surface area (Å²) in [5.74, 6) is 0.00933. The van der Waals surface area contributed by atoms with Gasteiger partial charge in [-0.25, -0.2) is 0 Å². The van der Waals surface area contributed by atoms with Gasteiger partial charge >= 0.3 is 0 Å². The van der Waals surface area contributed by atoms with Crippen molar-refractivity contribution in [1.82, 2.24) is 5.32 Å². The number of ether oxygens (including phenoxy) is 1. The molecule has 0 aromatic rings. The maximum Gasteiger partial charge on any atom is 0.232 e. The van der Waals surface area contributed by atoms with Gasteiger partial charge < -0.3 is 10.1 Å². The Bertz CT molecular complexity index is 140. The van der Waals surface area contributed by atoms with E-state index in [-0.39, 0.29) is 11.2 Å². The van der Waals surface area contributed by atoms with E-state index in [4.69, 9.17) is 4.74 Å². The molecule has 0 bridgehead atoms. The lowest BCUT2D eigenvalue weighted by molar-refractivity contribution is -0.120. The van der Waals surface area contributed by atoms with Crippen LogP contribution in [0.1, 0.15) is 26.2 Å². The van der Waals surface area contributed by atoms with E-state index in [1.54, 1.807) is 14.0 Å². The first kappa shape index (κ1) is 12.8. The Labute approximate surface area is 85.6 Å². The summed E-state index contributed by atoms with van der Waals surface area (Å²) >= 11 is 4.02. The average molecular weight is 205 g/mol. The molecule has 0 aromatic carbocycles. The predicted molar refractivity (Wildman–Crippen MR) is 57.2 cm³/mol. The zero-order valence-corrected chi connectivity index (χ0v) is 9.27. The normalized spacial score (nSPS) is 12.5. The van der Waals surface area contributed by atoms with E-state index in [0.29, 0.717) is 0 Å². The highest BCUT2D eigenvalue weighted by Gasteiger charge is 2.05. The molecule has 3 nitrogen and oxygen atoms in total. The molecule has 0 aliphatic heterocycles. The van der Waals surface area contributed by atoms with Crippen molar-refractivity contribution < 1.29 is 9.53 Å². The molecule has 0 saturated heterocycles. The topological polar surface area (TPSA) is 38.3 Å². The molecule has 0 heterocycles. The van der Waals surface area contributed by atoms with Gasteiger partial charge in [-0.3, -0.25) is 4.79 Å². The molecule has 0 radical (unpaired) electrons. The fourth-order valence-electron chi connectivity index (χ4n) is 0.907. The van der Waals surface area contributed by atoms with Crippen LogP contribution in [0.4, 0.5) is 0 Å². The van der Waals surface area contributed by atoms with Gasteiger partial charge in [-0.15, -0.1) is 0 Å². The Kier molecular flexibility index (Phi) is 8.24. The quantitative estimate of drug-likeness (QED) is 0.485. The van der Waals surface area contributed by atoms with Crippen LogP contribution in [0, 0.1) is 0 Å². The summed E-state index contributed by atoms with van der Waals surface area (Å²) in [6.07, 6.45) is 3.16. The number of nitrogens with one attached hydrogen (secondary N) is 1. The average Bonchev–Trinajstić information content (AvgIpc) is 2.10. The van der Waals surface area contributed by atoms with Crippen LogP contribution in [0.3, 0.4) is 0 Å². The third kappa shape index (κ3) is 8.12. The number of thiol groups is 1. The molecular formula is C9H19NO2S. The summed E-state index contributed by atoms with van der Waals surface area (Å²) in [6, 6.07) is 0. The largest absolute Gasteiger partial charge is 0.385 e. The van der Waals surface area contributed by atoms with E-state index in [2.05, 4.69) is 17.9 Å². The second kappa shape index (κ2) is 8.38. The molecule has 78 valence electrons. The van der Waals surface area contributed by atoms with Gasteiger partial charge in [0.2, 0.25) is 5.91 Å². The summed E-state index contributed by atoms with van der Waals surface area (Å²) in [5, 5.41) is 2.59. The highest BCUT2D eigenvalue weighted by Crippen LogP contribution is 1.95. The summed E-state index contributed by atoms with van der Waals surface area (Å²) < 4.78 is 4.91. The van der Waals surface area contributed by atoms with Gasteiger partial charge in [-0.2, -0.15) is 12.6 Å². The molecule has 1 atom stereocenters. The molecular weight excluding hydrogens is 186 g/mol.